The molecular weight excluding hydrogens is 268 g/mol. The minimum atomic E-state index is 0.597. The van der Waals surface area contributed by atoms with E-state index in [2.05, 4.69) is 6.92 Å². The Morgan fingerprint density at radius 3 is 1.91 bits per heavy atom. The van der Waals surface area contributed by atoms with E-state index in [1.165, 1.54) is 103 Å². The molecule has 0 saturated heterocycles. The molecule has 0 bridgehead atoms. The molecule has 1 nitrogen and oxygen atoms in total. The molecule has 0 spiro atoms. The van der Waals surface area contributed by atoms with Gasteiger partial charge in [0.15, 0.2) is 0 Å². The van der Waals surface area contributed by atoms with Crippen LogP contribution in [0.3, 0.4) is 0 Å². The maximum Gasteiger partial charge on any atom is 0.0575 e. The second-order valence-electron chi connectivity index (χ2n) is 7.93. The van der Waals surface area contributed by atoms with E-state index in [9.17, 15) is 0 Å². The molecule has 0 radical (unpaired) electrons. The molecule has 22 heavy (non-hydrogen) atoms. The van der Waals surface area contributed by atoms with Crippen molar-refractivity contribution < 1.29 is 4.74 Å². The molecule has 2 aliphatic carbocycles. The Hall–Kier alpha value is -0.0400. The average Bonchev–Trinajstić information content (AvgIpc) is 2.59. The van der Waals surface area contributed by atoms with E-state index in [0.717, 1.165) is 18.4 Å². The second-order valence-corrected chi connectivity index (χ2v) is 7.93. The van der Waals surface area contributed by atoms with Crippen LogP contribution in [-0.2, 0) is 4.74 Å². The van der Waals surface area contributed by atoms with Crippen LogP contribution in [0.25, 0.3) is 0 Å². The Labute approximate surface area is 139 Å². The molecule has 0 heterocycles. The molecule has 1 heteroatoms. The highest BCUT2D eigenvalue weighted by Gasteiger charge is 2.28. The van der Waals surface area contributed by atoms with Crippen LogP contribution in [0.4, 0.5) is 0 Å². The van der Waals surface area contributed by atoms with Gasteiger partial charge in [-0.05, 0) is 43.9 Å². The SMILES string of the molecule is CCCCCCCCCOC1CCC(C2CCCCC2)CC1. The summed E-state index contributed by atoms with van der Waals surface area (Å²) in [5.41, 5.74) is 0. The summed E-state index contributed by atoms with van der Waals surface area (Å²) in [6.45, 7) is 3.31. The van der Waals surface area contributed by atoms with Crippen molar-refractivity contribution >= 4 is 0 Å². The van der Waals surface area contributed by atoms with Crippen molar-refractivity contribution in [3.63, 3.8) is 0 Å². The zero-order valence-corrected chi connectivity index (χ0v) is 15.2. The quantitative estimate of drug-likeness (QED) is 0.399. The second kappa shape index (κ2) is 11.5. The Kier molecular flexibility index (Phi) is 9.56. The van der Waals surface area contributed by atoms with Crippen LogP contribution in [-0.4, -0.2) is 12.7 Å². The zero-order chi connectivity index (χ0) is 15.5. The molecule has 2 aliphatic rings. The first-order valence-electron chi connectivity index (χ1n) is 10.5. The lowest BCUT2D eigenvalue weighted by Gasteiger charge is -2.35. The third kappa shape index (κ3) is 7.02. The van der Waals surface area contributed by atoms with Crippen molar-refractivity contribution in [2.75, 3.05) is 6.61 Å². The third-order valence-electron chi connectivity index (χ3n) is 6.14. The Bertz CT molecular complexity index is 249. The van der Waals surface area contributed by atoms with E-state index < -0.39 is 0 Å². The normalized spacial score (nSPS) is 27.1. The lowest BCUT2D eigenvalue weighted by atomic mass is 9.73. The van der Waals surface area contributed by atoms with Gasteiger partial charge in [-0.25, -0.2) is 0 Å². The van der Waals surface area contributed by atoms with Crippen molar-refractivity contribution in [1.29, 1.82) is 0 Å². The number of hydrogen-bond donors (Lipinski definition) is 0. The summed E-state index contributed by atoms with van der Waals surface area (Å²) in [5, 5.41) is 0. The highest BCUT2D eigenvalue weighted by atomic mass is 16.5. The largest absolute Gasteiger partial charge is 0.378 e. The highest BCUT2D eigenvalue weighted by Crippen LogP contribution is 2.38. The number of rotatable bonds is 10. The van der Waals surface area contributed by atoms with Crippen LogP contribution < -0.4 is 0 Å². The molecule has 0 N–H and O–H groups in total. The first-order chi connectivity index (χ1) is 10.9. The van der Waals surface area contributed by atoms with Gasteiger partial charge in [0.25, 0.3) is 0 Å². The third-order valence-corrected chi connectivity index (χ3v) is 6.14. The van der Waals surface area contributed by atoms with Crippen LogP contribution in [0.1, 0.15) is 110 Å². The molecular formula is C21H40O. The molecule has 0 aromatic carbocycles. The van der Waals surface area contributed by atoms with Crippen molar-refractivity contribution in [3.05, 3.63) is 0 Å². The van der Waals surface area contributed by atoms with Gasteiger partial charge >= 0.3 is 0 Å². The van der Waals surface area contributed by atoms with Crippen molar-refractivity contribution in [2.24, 2.45) is 11.8 Å². The van der Waals surface area contributed by atoms with Gasteiger partial charge in [-0.1, -0.05) is 77.6 Å². The molecule has 2 saturated carbocycles. The Balaban J connectivity index is 1.44. The van der Waals surface area contributed by atoms with Gasteiger partial charge in [-0.2, -0.15) is 0 Å². The monoisotopic (exact) mass is 308 g/mol. The smallest absolute Gasteiger partial charge is 0.0575 e. The molecule has 0 aromatic rings. The number of ether oxygens (including phenoxy) is 1. The molecule has 0 unspecified atom stereocenters. The van der Waals surface area contributed by atoms with Crippen LogP contribution >= 0.6 is 0 Å². The molecule has 0 amide bonds. The fraction of sp³-hybridized carbons (Fsp3) is 1.00. The Morgan fingerprint density at radius 2 is 1.23 bits per heavy atom. The number of unbranched alkanes of at least 4 members (excludes halogenated alkanes) is 6. The minimum absolute atomic E-state index is 0.597. The van der Waals surface area contributed by atoms with Crippen molar-refractivity contribution in [2.45, 2.75) is 116 Å². The summed E-state index contributed by atoms with van der Waals surface area (Å²) in [6.07, 6.45) is 23.4. The van der Waals surface area contributed by atoms with Gasteiger partial charge in [0, 0.05) is 6.61 Å². The van der Waals surface area contributed by atoms with Gasteiger partial charge in [-0.15, -0.1) is 0 Å². The lowest BCUT2D eigenvalue weighted by Crippen LogP contribution is -2.27. The van der Waals surface area contributed by atoms with E-state index in [0.29, 0.717) is 6.10 Å². The highest BCUT2D eigenvalue weighted by molar-refractivity contribution is 4.80. The number of hydrogen-bond acceptors (Lipinski definition) is 1. The Morgan fingerprint density at radius 1 is 0.636 bits per heavy atom. The van der Waals surface area contributed by atoms with Crippen molar-refractivity contribution in [1.82, 2.24) is 0 Å². The van der Waals surface area contributed by atoms with Crippen molar-refractivity contribution in [3.8, 4) is 0 Å². The van der Waals surface area contributed by atoms with E-state index >= 15 is 0 Å². The van der Waals surface area contributed by atoms with Crippen LogP contribution in [0.5, 0.6) is 0 Å². The van der Waals surface area contributed by atoms with Gasteiger partial charge in [-0.3, -0.25) is 0 Å². The van der Waals surface area contributed by atoms with Gasteiger partial charge in [0.2, 0.25) is 0 Å². The fourth-order valence-electron chi connectivity index (χ4n) is 4.64. The van der Waals surface area contributed by atoms with Gasteiger partial charge in [0.05, 0.1) is 6.10 Å². The predicted octanol–water partition coefficient (Wildman–Crippen LogP) is 6.89. The van der Waals surface area contributed by atoms with Gasteiger partial charge < -0.3 is 4.74 Å². The van der Waals surface area contributed by atoms with Gasteiger partial charge in [0.1, 0.15) is 0 Å². The van der Waals surface area contributed by atoms with Crippen LogP contribution in [0, 0.1) is 11.8 Å². The summed E-state index contributed by atoms with van der Waals surface area (Å²) in [7, 11) is 0. The average molecular weight is 309 g/mol. The predicted molar refractivity (Wildman–Crippen MR) is 96.3 cm³/mol. The minimum Gasteiger partial charge on any atom is -0.378 e. The maximum absolute atomic E-state index is 6.15. The maximum atomic E-state index is 6.15. The van der Waals surface area contributed by atoms with E-state index in [-0.39, 0.29) is 0 Å². The summed E-state index contributed by atoms with van der Waals surface area (Å²) in [5.74, 6) is 2.11. The van der Waals surface area contributed by atoms with Crippen LogP contribution in [0.15, 0.2) is 0 Å². The summed E-state index contributed by atoms with van der Waals surface area (Å²) in [6, 6.07) is 0. The first-order valence-corrected chi connectivity index (χ1v) is 10.5. The molecule has 0 aromatic heterocycles. The summed E-state index contributed by atoms with van der Waals surface area (Å²) in [4.78, 5) is 0. The fourth-order valence-corrected chi connectivity index (χ4v) is 4.64. The lowest BCUT2D eigenvalue weighted by molar-refractivity contribution is 0.00668. The van der Waals surface area contributed by atoms with E-state index in [4.69, 9.17) is 4.74 Å². The molecule has 0 aliphatic heterocycles. The topological polar surface area (TPSA) is 9.23 Å². The van der Waals surface area contributed by atoms with E-state index in [1.807, 2.05) is 0 Å². The molecule has 0 atom stereocenters. The molecule has 130 valence electrons. The summed E-state index contributed by atoms with van der Waals surface area (Å²) < 4.78 is 6.15. The van der Waals surface area contributed by atoms with Crippen LogP contribution in [0.2, 0.25) is 0 Å². The zero-order valence-electron chi connectivity index (χ0n) is 15.2. The molecule has 2 rings (SSSR count). The summed E-state index contributed by atoms with van der Waals surface area (Å²) >= 11 is 0. The molecule has 2 fully saturated rings. The van der Waals surface area contributed by atoms with E-state index in [1.54, 1.807) is 0 Å². The first kappa shape index (κ1) is 18.3. The standard InChI is InChI=1S/C21H40O/c1-2-3-4-5-6-7-11-18-22-21-16-14-20(15-17-21)19-12-9-8-10-13-19/h19-21H,2-18H2,1H3.